The van der Waals surface area contributed by atoms with Gasteiger partial charge in [-0.15, -0.1) is 0 Å². The first-order valence-electron chi connectivity index (χ1n) is 6.37. The van der Waals surface area contributed by atoms with Crippen molar-refractivity contribution in [2.75, 3.05) is 6.61 Å². The number of rotatable bonds is 5. The van der Waals surface area contributed by atoms with Crippen molar-refractivity contribution in [2.45, 2.75) is 12.8 Å². The lowest BCUT2D eigenvalue weighted by atomic mass is 9.93. The number of hydrogen-bond donors (Lipinski definition) is 1. The fourth-order valence-corrected chi connectivity index (χ4v) is 2.75. The van der Waals surface area contributed by atoms with Crippen LogP contribution in [0.25, 0.3) is 0 Å². The van der Waals surface area contributed by atoms with E-state index in [1.165, 1.54) is 6.07 Å². The molecule has 1 N–H and O–H groups in total. The normalized spacial score (nSPS) is 12.4. The maximum Gasteiger partial charge on any atom is 0.127 e. The first-order valence-corrected chi connectivity index (χ1v) is 7.96. The third-order valence-electron chi connectivity index (χ3n) is 3.22. The van der Waals surface area contributed by atoms with Gasteiger partial charge in [-0.3, -0.25) is 0 Å². The lowest BCUT2D eigenvalue weighted by molar-refractivity contribution is 0.224. The van der Waals surface area contributed by atoms with Gasteiger partial charge in [0.25, 0.3) is 0 Å². The standard InChI is InChI=1S/C16H15Br2FO/c17-14-4-1-11(2-5-14)7-12(10-20)8-13-3-6-15(18)9-16(13)19/h1-6,9,12,20H,7-8,10H2. The van der Waals surface area contributed by atoms with Gasteiger partial charge in [-0.1, -0.05) is 50.1 Å². The van der Waals surface area contributed by atoms with E-state index < -0.39 is 0 Å². The number of aliphatic hydroxyl groups is 1. The van der Waals surface area contributed by atoms with E-state index in [0.717, 1.165) is 20.9 Å². The Morgan fingerprint density at radius 2 is 1.60 bits per heavy atom. The Morgan fingerprint density at radius 1 is 0.950 bits per heavy atom. The van der Waals surface area contributed by atoms with E-state index in [1.807, 2.05) is 30.3 Å². The van der Waals surface area contributed by atoms with Crippen molar-refractivity contribution in [3.8, 4) is 0 Å². The summed E-state index contributed by atoms with van der Waals surface area (Å²) in [5.74, 6) is -0.208. The van der Waals surface area contributed by atoms with Crippen LogP contribution in [-0.2, 0) is 12.8 Å². The SMILES string of the molecule is OCC(Cc1ccc(Br)cc1)Cc1ccc(Br)cc1F. The molecular weight excluding hydrogens is 387 g/mol. The van der Waals surface area contributed by atoms with E-state index in [4.69, 9.17) is 0 Å². The van der Waals surface area contributed by atoms with Gasteiger partial charge < -0.3 is 5.11 Å². The van der Waals surface area contributed by atoms with Crippen molar-refractivity contribution in [2.24, 2.45) is 5.92 Å². The van der Waals surface area contributed by atoms with Crippen LogP contribution >= 0.6 is 31.9 Å². The Bertz CT molecular complexity index is 569. The molecule has 0 saturated heterocycles. The van der Waals surface area contributed by atoms with Crippen LogP contribution in [0.2, 0.25) is 0 Å². The van der Waals surface area contributed by atoms with E-state index in [9.17, 15) is 9.50 Å². The Labute approximate surface area is 135 Å². The van der Waals surface area contributed by atoms with E-state index in [1.54, 1.807) is 6.07 Å². The lowest BCUT2D eigenvalue weighted by Gasteiger charge is -2.15. The van der Waals surface area contributed by atoms with Crippen molar-refractivity contribution in [3.63, 3.8) is 0 Å². The number of aliphatic hydroxyl groups excluding tert-OH is 1. The second kappa shape index (κ2) is 7.34. The largest absolute Gasteiger partial charge is 0.396 e. The highest BCUT2D eigenvalue weighted by Crippen LogP contribution is 2.21. The molecule has 1 atom stereocenters. The van der Waals surface area contributed by atoms with Crippen molar-refractivity contribution in [1.29, 1.82) is 0 Å². The molecule has 0 heterocycles. The third kappa shape index (κ3) is 4.40. The van der Waals surface area contributed by atoms with Gasteiger partial charge in [0.2, 0.25) is 0 Å². The number of benzene rings is 2. The summed E-state index contributed by atoms with van der Waals surface area (Å²) in [5, 5.41) is 9.51. The molecule has 0 radical (unpaired) electrons. The Hall–Kier alpha value is -0.710. The van der Waals surface area contributed by atoms with Gasteiger partial charge in [-0.05, 0) is 54.2 Å². The Kier molecular flexibility index (Phi) is 5.75. The lowest BCUT2D eigenvalue weighted by Crippen LogP contribution is -2.13. The zero-order chi connectivity index (χ0) is 14.5. The summed E-state index contributed by atoms with van der Waals surface area (Å²) in [6.45, 7) is 0.0472. The molecule has 2 aromatic carbocycles. The van der Waals surface area contributed by atoms with Crippen LogP contribution in [0.5, 0.6) is 0 Å². The molecule has 20 heavy (non-hydrogen) atoms. The van der Waals surface area contributed by atoms with Crippen molar-refractivity contribution >= 4 is 31.9 Å². The summed E-state index contributed by atoms with van der Waals surface area (Å²) in [5.41, 5.74) is 1.79. The molecule has 0 saturated carbocycles. The molecule has 0 amide bonds. The maximum absolute atomic E-state index is 13.8. The monoisotopic (exact) mass is 400 g/mol. The zero-order valence-corrected chi connectivity index (χ0v) is 14.0. The van der Waals surface area contributed by atoms with Crippen molar-refractivity contribution < 1.29 is 9.50 Å². The predicted octanol–water partition coefficient (Wildman–Crippen LogP) is 4.74. The zero-order valence-electron chi connectivity index (χ0n) is 10.8. The molecule has 2 rings (SSSR count). The molecule has 0 spiro atoms. The summed E-state index contributed by atoms with van der Waals surface area (Å²) in [4.78, 5) is 0. The fourth-order valence-electron chi connectivity index (χ4n) is 2.15. The minimum Gasteiger partial charge on any atom is -0.396 e. The van der Waals surface area contributed by atoms with Crippen molar-refractivity contribution in [1.82, 2.24) is 0 Å². The maximum atomic E-state index is 13.8. The highest BCUT2D eigenvalue weighted by molar-refractivity contribution is 9.10. The smallest absolute Gasteiger partial charge is 0.127 e. The van der Waals surface area contributed by atoms with Crippen LogP contribution in [-0.4, -0.2) is 11.7 Å². The summed E-state index contributed by atoms with van der Waals surface area (Å²) < 4.78 is 15.6. The van der Waals surface area contributed by atoms with Crippen LogP contribution in [0.1, 0.15) is 11.1 Å². The van der Waals surface area contributed by atoms with Crippen LogP contribution in [0, 0.1) is 11.7 Å². The quantitative estimate of drug-likeness (QED) is 0.766. The number of hydrogen-bond acceptors (Lipinski definition) is 1. The molecule has 1 unspecified atom stereocenters. The second-order valence-electron chi connectivity index (χ2n) is 4.82. The van der Waals surface area contributed by atoms with Gasteiger partial charge in [0.15, 0.2) is 0 Å². The van der Waals surface area contributed by atoms with Crippen LogP contribution in [0.3, 0.4) is 0 Å². The van der Waals surface area contributed by atoms with Gasteiger partial charge in [0.05, 0.1) is 0 Å². The van der Waals surface area contributed by atoms with Gasteiger partial charge in [0.1, 0.15) is 5.82 Å². The van der Waals surface area contributed by atoms with Gasteiger partial charge in [-0.2, -0.15) is 0 Å². The van der Waals surface area contributed by atoms with E-state index in [2.05, 4.69) is 31.9 Å². The van der Waals surface area contributed by atoms with Gasteiger partial charge >= 0.3 is 0 Å². The highest BCUT2D eigenvalue weighted by atomic mass is 79.9. The van der Waals surface area contributed by atoms with Crippen molar-refractivity contribution in [3.05, 3.63) is 68.4 Å². The molecule has 1 nitrogen and oxygen atoms in total. The van der Waals surface area contributed by atoms with E-state index >= 15 is 0 Å². The molecule has 4 heteroatoms. The molecule has 0 aliphatic rings. The second-order valence-corrected chi connectivity index (χ2v) is 6.65. The summed E-state index contributed by atoms with van der Waals surface area (Å²) >= 11 is 6.64. The van der Waals surface area contributed by atoms with Crippen LogP contribution < -0.4 is 0 Å². The van der Waals surface area contributed by atoms with Crippen LogP contribution in [0.4, 0.5) is 4.39 Å². The predicted molar refractivity (Wildman–Crippen MR) is 86.2 cm³/mol. The Balaban J connectivity index is 2.07. The first kappa shape index (κ1) is 15.7. The summed E-state index contributed by atoms with van der Waals surface area (Å²) in [6.07, 6.45) is 1.27. The number of halogens is 3. The van der Waals surface area contributed by atoms with Gasteiger partial charge in [-0.25, -0.2) is 4.39 Å². The molecule has 0 aromatic heterocycles. The van der Waals surface area contributed by atoms with E-state index in [-0.39, 0.29) is 18.3 Å². The molecule has 0 bridgehead atoms. The average molecular weight is 402 g/mol. The van der Waals surface area contributed by atoms with Gasteiger partial charge in [0, 0.05) is 15.6 Å². The molecule has 106 valence electrons. The molecule has 0 aliphatic heterocycles. The topological polar surface area (TPSA) is 20.2 Å². The molecule has 0 aliphatic carbocycles. The minimum absolute atomic E-state index is 0.0202. The molecular formula is C16H15Br2FO. The molecule has 0 fully saturated rings. The minimum atomic E-state index is -0.228. The average Bonchev–Trinajstić information content (AvgIpc) is 2.43. The molecule has 2 aromatic rings. The summed E-state index contributed by atoms with van der Waals surface area (Å²) in [6, 6.07) is 13.0. The van der Waals surface area contributed by atoms with Crippen LogP contribution in [0.15, 0.2) is 51.4 Å². The Morgan fingerprint density at radius 3 is 2.20 bits per heavy atom. The third-order valence-corrected chi connectivity index (χ3v) is 4.24. The first-order chi connectivity index (χ1) is 9.58. The fraction of sp³-hybridized carbons (Fsp3) is 0.250. The highest BCUT2D eigenvalue weighted by Gasteiger charge is 2.13. The summed E-state index contributed by atoms with van der Waals surface area (Å²) in [7, 11) is 0. The van der Waals surface area contributed by atoms with E-state index in [0.29, 0.717) is 12.0 Å².